The Morgan fingerprint density at radius 1 is 1.33 bits per heavy atom. The Morgan fingerprint density at radius 2 is 1.95 bits per heavy atom. The van der Waals surface area contributed by atoms with Gasteiger partial charge >= 0.3 is 12.0 Å². The van der Waals surface area contributed by atoms with E-state index < -0.39 is 16.9 Å². The zero-order chi connectivity index (χ0) is 16.2. The molecule has 0 aliphatic rings. The maximum absolute atomic E-state index is 11.9. The molecule has 0 aliphatic carbocycles. The lowest BCUT2D eigenvalue weighted by atomic mass is 10.1. The number of aliphatic carboxylic acids is 1. The third kappa shape index (κ3) is 4.44. The van der Waals surface area contributed by atoms with Crippen molar-refractivity contribution >= 4 is 23.4 Å². The van der Waals surface area contributed by atoms with Gasteiger partial charge in [0.05, 0.1) is 11.3 Å². The molecule has 8 nitrogen and oxygen atoms in total. The molecule has 1 aromatic rings. The fraction of sp³-hybridized carbons (Fsp3) is 0.385. The molecule has 0 atom stereocenters. The minimum absolute atomic E-state index is 0.00951. The highest BCUT2D eigenvalue weighted by Gasteiger charge is 2.16. The largest absolute Gasteiger partial charge is 0.481 e. The number of carbonyl (C=O) groups is 2. The summed E-state index contributed by atoms with van der Waals surface area (Å²) < 4.78 is 0. The summed E-state index contributed by atoms with van der Waals surface area (Å²) in [7, 11) is 1.48. The highest BCUT2D eigenvalue weighted by atomic mass is 16.6. The first-order valence-corrected chi connectivity index (χ1v) is 6.22. The molecular formula is C13H17N3O5. The minimum Gasteiger partial charge on any atom is -0.481 e. The monoisotopic (exact) mass is 295 g/mol. The number of carboxylic acid groups (broad SMARTS) is 1. The normalized spacial score (nSPS) is 10.0. The highest BCUT2D eigenvalue weighted by molar-refractivity contribution is 5.90. The molecule has 114 valence electrons. The average Bonchev–Trinajstić information content (AvgIpc) is 2.39. The molecule has 0 aliphatic heterocycles. The van der Waals surface area contributed by atoms with Gasteiger partial charge in [-0.05, 0) is 25.5 Å². The minimum atomic E-state index is -0.989. The number of nitro groups is 1. The lowest BCUT2D eigenvalue weighted by Crippen LogP contribution is -2.33. The number of amides is 2. The Labute approximate surface area is 121 Å². The smallest absolute Gasteiger partial charge is 0.321 e. The van der Waals surface area contributed by atoms with Crippen molar-refractivity contribution in [2.24, 2.45) is 0 Å². The molecule has 0 bridgehead atoms. The molecule has 0 unspecified atom stereocenters. The van der Waals surface area contributed by atoms with Gasteiger partial charge in [-0.25, -0.2) is 4.79 Å². The number of anilines is 1. The molecule has 0 saturated carbocycles. The van der Waals surface area contributed by atoms with Crippen molar-refractivity contribution in [3.8, 4) is 0 Å². The summed E-state index contributed by atoms with van der Waals surface area (Å²) in [6.45, 7) is 3.31. The van der Waals surface area contributed by atoms with Gasteiger partial charge in [0.2, 0.25) is 0 Å². The van der Waals surface area contributed by atoms with Crippen molar-refractivity contribution < 1.29 is 19.6 Å². The molecule has 2 amide bonds. The first kappa shape index (κ1) is 16.4. The Bertz CT molecular complexity index is 585. The van der Waals surface area contributed by atoms with Gasteiger partial charge in [0.25, 0.3) is 5.69 Å². The van der Waals surface area contributed by atoms with E-state index in [1.54, 1.807) is 13.8 Å². The molecule has 1 aromatic carbocycles. The Hall–Kier alpha value is -2.64. The number of nitrogens with zero attached hydrogens (tertiary/aromatic N) is 2. The van der Waals surface area contributed by atoms with E-state index in [-0.39, 0.29) is 18.7 Å². The van der Waals surface area contributed by atoms with Crippen LogP contribution in [0.2, 0.25) is 0 Å². The molecule has 1 rings (SSSR count). The summed E-state index contributed by atoms with van der Waals surface area (Å²) in [6.07, 6.45) is -0.151. The van der Waals surface area contributed by atoms with E-state index in [9.17, 15) is 19.7 Å². The highest BCUT2D eigenvalue weighted by Crippen LogP contribution is 2.26. The summed E-state index contributed by atoms with van der Waals surface area (Å²) >= 11 is 0. The van der Waals surface area contributed by atoms with Crippen molar-refractivity contribution in [2.45, 2.75) is 20.3 Å². The molecule has 0 radical (unpaired) electrons. The SMILES string of the molecule is Cc1cc([N+](=O)[O-])c(C)cc1NC(=O)N(C)CCC(=O)O. The van der Waals surface area contributed by atoms with Crippen LogP contribution in [0.4, 0.5) is 16.2 Å². The van der Waals surface area contributed by atoms with Gasteiger partial charge in [-0.1, -0.05) is 0 Å². The maximum atomic E-state index is 11.9. The maximum Gasteiger partial charge on any atom is 0.321 e. The fourth-order valence-corrected chi connectivity index (χ4v) is 1.71. The second kappa shape index (κ2) is 6.69. The number of hydrogen-bond acceptors (Lipinski definition) is 4. The zero-order valence-corrected chi connectivity index (χ0v) is 12.0. The second-order valence-electron chi connectivity index (χ2n) is 4.71. The van der Waals surface area contributed by atoms with Gasteiger partial charge in [0.1, 0.15) is 0 Å². The van der Waals surface area contributed by atoms with Crippen molar-refractivity contribution in [3.05, 3.63) is 33.4 Å². The average molecular weight is 295 g/mol. The van der Waals surface area contributed by atoms with Crippen LogP contribution in [0, 0.1) is 24.0 Å². The van der Waals surface area contributed by atoms with Crippen molar-refractivity contribution in [3.63, 3.8) is 0 Å². The van der Waals surface area contributed by atoms with Gasteiger partial charge in [-0.15, -0.1) is 0 Å². The van der Waals surface area contributed by atoms with E-state index in [2.05, 4.69) is 5.32 Å². The van der Waals surface area contributed by atoms with Gasteiger partial charge in [-0.2, -0.15) is 0 Å². The fourth-order valence-electron chi connectivity index (χ4n) is 1.71. The second-order valence-corrected chi connectivity index (χ2v) is 4.71. The van der Waals surface area contributed by atoms with Gasteiger partial charge in [0.15, 0.2) is 0 Å². The van der Waals surface area contributed by atoms with E-state index in [1.807, 2.05) is 0 Å². The number of hydrogen-bond donors (Lipinski definition) is 2. The van der Waals surface area contributed by atoms with E-state index in [0.717, 1.165) is 0 Å². The molecule has 8 heteroatoms. The van der Waals surface area contributed by atoms with Crippen LogP contribution in [0.25, 0.3) is 0 Å². The number of urea groups is 1. The number of carbonyl (C=O) groups excluding carboxylic acids is 1. The van der Waals surface area contributed by atoms with Gasteiger partial charge in [0, 0.05) is 30.9 Å². The Kier molecular flexibility index (Phi) is 5.23. The summed E-state index contributed by atoms with van der Waals surface area (Å²) in [5.41, 5.74) is 1.45. The van der Waals surface area contributed by atoms with Crippen LogP contribution in [0.5, 0.6) is 0 Å². The van der Waals surface area contributed by atoms with Crippen LogP contribution < -0.4 is 5.32 Å². The lowest BCUT2D eigenvalue weighted by Gasteiger charge is -2.18. The van der Waals surface area contributed by atoms with Crippen molar-refractivity contribution in [2.75, 3.05) is 18.9 Å². The topological polar surface area (TPSA) is 113 Å². The molecule has 0 heterocycles. The van der Waals surface area contributed by atoms with Gasteiger partial charge < -0.3 is 15.3 Å². The molecule has 0 saturated heterocycles. The quantitative estimate of drug-likeness (QED) is 0.638. The molecule has 0 aromatic heterocycles. The van der Waals surface area contributed by atoms with Gasteiger partial charge in [-0.3, -0.25) is 14.9 Å². The molecule has 2 N–H and O–H groups in total. The predicted molar refractivity (Wildman–Crippen MR) is 76.5 cm³/mol. The Balaban J connectivity index is 2.83. The van der Waals surface area contributed by atoms with Crippen LogP contribution in [0.15, 0.2) is 12.1 Å². The predicted octanol–water partition coefficient (Wildman–Crippen LogP) is 2.15. The third-order valence-electron chi connectivity index (χ3n) is 2.99. The summed E-state index contributed by atoms with van der Waals surface area (Å²) in [5.74, 6) is -0.989. The van der Waals surface area contributed by atoms with E-state index in [0.29, 0.717) is 16.8 Å². The molecule has 0 spiro atoms. The molecule has 21 heavy (non-hydrogen) atoms. The summed E-state index contributed by atoms with van der Waals surface area (Å²) in [6, 6.07) is 2.45. The van der Waals surface area contributed by atoms with E-state index in [4.69, 9.17) is 5.11 Å². The van der Waals surface area contributed by atoms with Crippen LogP contribution in [0.1, 0.15) is 17.5 Å². The van der Waals surface area contributed by atoms with E-state index in [1.165, 1.54) is 24.1 Å². The number of aryl methyl sites for hydroxylation is 2. The standard InChI is InChI=1S/C13H17N3O5/c1-8-7-11(16(20)21)9(2)6-10(8)14-13(19)15(3)5-4-12(17)18/h6-7H,4-5H2,1-3H3,(H,14,19)(H,17,18). The first-order valence-electron chi connectivity index (χ1n) is 6.22. The zero-order valence-electron chi connectivity index (χ0n) is 12.0. The number of benzene rings is 1. The van der Waals surface area contributed by atoms with Crippen molar-refractivity contribution in [1.29, 1.82) is 0 Å². The number of rotatable bonds is 5. The lowest BCUT2D eigenvalue weighted by molar-refractivity contribution is -0.385. The van der Waals surface area contributed by atoms with Crippen LogP contribution in [0.3, 0.4) is 0 Å². The molecule has 0 fully saturated rings. The number of nitro benzene ring substituents is 1. The summed E-state index contributed by atoms with van der Waals surface area (Å²) in [4.78, 5) is 33.9. The van der Waals surface area contributed by atoms with E-state index >= 15 is 0 Å². The third-order valence-corrected chi connectivity index (χ3v) is 2.99. The van der Waals surface area contributed by atoms with Crippen molar-refractivity contribution in [1.82, 2.24) is 4.90 Å². The van der Waals surface area contributed by atoms with Crippen LogP contribution in [-0.2, 0) is 4.79 Å². The van der Waals surface area contributed by atoms with Crippen LogP contribution >= 0.6 is 0 Å². The first-order chi connectivity index (χ1) is 9.72. The molecular weight excluding hydrogens is 278 g/mol. The number of carboxylic acids is 1. The summed E-state index contributed by atoms with van der Waals surface area (Å²) in [5, 5.41) is 22.0. The van der Waals surface area contributed by atoms with Crippen LogP contribution in [-0.4, -0.2) is 40.5 Å². The Morgan fingerprint density at radius 3 is 2.48 bits per heavy atom. The number of nitrogens with one attached hydrogen (secondary N) is 1.